The van der Waals surface area contributed by atoms with Crippen molar-refractivity contribution in [1.82, 2.24) is 9.97 Å². The first-order valence-corrected chi connectivity index (χ1v) is 7.49. The summed E-state index contributed by atoms with van der Waals surface area (Å²) in [7, 11) is 0. The average Bonchev–Trinajstić information content (AvgIpc) is 3.23. The number of nitrogens with zero attached hydrogens (tertiary/aromatic N) is 2. The van der Waals surface area contributed by atoms with E-state index in [2.05, 4.69) is 16.0 Å². The molecule has 114 valence electrons. The second-order valence-electron chi connectivity index (χ2n) is 5.40. The summed E-state index contributed by atoms with van der Waals surface area (Å²) in [5.74, 6) is -0.194. The van der Waals surface area contributed by atoms with E-state index in [1.165, 1.54) is 4.90 Å². The maximum Gasteiger partial charge on any atom is 0.270 e. The number of carbonyl (C=O) groups is 1. The summed E-state index contributed by atoms with van der Waals surface area (Å²) in [6, 6.07) is 17.7. The van der Waals surface area contributed by atoms with E-state index in [1.807, 2.05) is 60.8 Å². The first kappa shape index (κ1) is 14.0. The Bertz CT molecular complexity index is 979. The zero-order valence-electron chi connectivity index (χ0n) is 12.7. The third kappa shape index (κ3) is 2.20. The Balaban J connectivity index is 1.89. The van der Waals surface area contributed by atoms with Crippen LogP contribution in [0.25, 0.3) is 22.9 Å². The third-order valence-electron chi connectivity index (χ3n) is 3.97. The van der Waals surface area contributed by atoms with Gasteiger partial charge in [0.15, 0.2) is 0 Å². The van der Waals surface area contributed by atoms with E-state index in [0.717, 1.165) is 28.2 Å². The van der Waals surface area contributed by atoms with E-state index >= 15 is 0 Å². The average molecular weight is 311 g/mol. The smallest absolute Gasteiger partial charge is 0.270 e. The second-order valence-corrected chi connectivity index (χ2v) is 5.40. The van der Waals surface area contributed by atoms with Gasteiger partial charge in [-0.05, 0) is 42.5 Å². The number of hydrogen-bond donors (Lipinski definition) is 1. The van der Waals surface area contributed by atoms with Crippen molar-refractivity contribution in [3.05, 3.63) is 72.2 Å². The van der Waals surface area contributed by atoms with Crippen molar-refractivity contribution in [1.29, 1.82) is 0 Å². The Morgan fingerprint density at radius 3 is 2.79 bits per heavy atom. The van der Waals surface area contributed by atoms with Gasteiger partial charge in [-0.1, -0.05) is 18.6 Å². The number of rotatable bonds is 2. The minimum atomic E-state index is -0.194. The van der Waals surface area contributed by atoms with E-state index < -0.39 is 0 Å². The van der Waals surface area contributed by atoms with Crippen LogP contribution in [0.3, 0.4) is 0 Å². The van der Waals surface area contributed by atoms with Crippen LogP contribution in [-0.2, 0) is 4.79 Å². The summed E-state index contributed by atoms with van der Waals surface area (Å²) in [6.07, 6.45) is 10.9. The fraction of sp³-hybridized carbons (Fsp3) is 0. The van der Waals surface area contributed by atoms with Gasteiger partial charge < -0.3 is 4.98 Å². The van der Waals surface area contributed by atoms with E-state index in [-0.39, 0.29) is 5.91 Å². The molecule has 0 radical (unpaired) electrons. The molecule has 3 aromatic rings. The lowest BCUT2D eigenvalue weighted by Gasteiger charge is -2.08. The number of carbonyl (C=O) groups excluding carboxylic acids is 1. The van der Waals surface area contributed by atoms with E-state index in [0.29, 0.717) is 5.57 Å². The van der Waals surface area contributed by atoms with Crippen molar-refractivity contribution < 1.29 is 4.79 Å². The monoisotopic (exact) mass is 311 g/mol. The lowest BCUT2D eigenvalue weighted by molar-refractivity contribution is -0.112. The molecule has 1 aromatic carbocycles. The highest BCUT2D eigenvalue weighted by molar-refractivity contribution is 6.36. The zero-order valence-corrected chi connectivity index (χ0v) is 12.7. The quantitative estimate of drug-likeness (QED) is 0.581. The van der Waals surface area contributed by atoms with Crippen LogP contribution in [0.1, 0.15) is 11.3 Å². The molecule has 1 aliphatic heterocycles. The molecule has 0 aliphatic carbocycles. The normalized spacial score (nSPS) is 14.7. The number of hydrogen-bond acceptors (Lipinski definition) is 2. The predicted molar refractivity (Wildman–Crippen MR) is 94.7 cm³/mol. The Kier molecular flexibility index (Phi) is 3.25. The van der Waals surface area contributed by atoms with Gasteiger partial charge in [-0.3, -0.25) is 9.78 Å². The van der Waals surface area contributed by atoms with Gasteiger partial charge >= 0.3 is 0 Å². The largest absolute Gasteiger partial charge is 0.362 e. The Morgan fingerprint density at radius 2 is 2.08 bits per heavy atom. The number of anilines is 1. The molecular weight excluding hydrogens is 298 g/mol. The number of nitrogens with one attached hydrogen (secondary N) is 1. The molecule has 2 aromatic heterocycles. The van der Waals surface area contributed by atoms with Crippen LogP contribution in [0.4, 0.5) is 5.69 Å². The predicted octanol–water partition coefficient (Wildman–Crippen LogP) is 3.55. The number of terminal acetylenes is 1. The number of benzene rings is 1. The van der Waals surface area contributed by atoms with E-state index in [1.54, 1.807) is 6.20 Å². The Labute approximate surface area is 139 Å². The summed E-state index contributed by atoms with van der Waals surface area (Å²) in [5.41, 5.74) is 4.76. The Hall–Kier alpha value is -3.58. The van der Waals surface area contributed by atoms with Crippen LogP contribution in [0.15, 0.2) is 60.9 Å². The summed E-state index contributed by atoms with van der Waals surface area (Å²) >= 11 is 0. The van der Waals surface area contributed by atoms with Gasteiger partial charge in [-0.2, -0.15) is 0 Å². The van der Waals surface area contributed by atoms with Gasteiger partial charge in [-0.25, -0.2) is 4.90 Å². The van der Waals surface area contributed by atoms with Crippen LogP contribution in [-0.4, -0.2) is 15.9 Å². The number of pyridine rings is 1. The van der Waals surface area contributed by atoms with Crippen molar-refractivity contribution in [3.8, 4) is 23.7 Å². The molecule has 1 N–H and O–H groups in total. The molecule has 4 heteroatoms. The van der Waals surface area contributed by atoms with Crippen LogP contribution >= 0.6 is 0 Å². The van der Waals surface area contributed by atoms with Crippen molar-refractivity contribution in [2.75, 3.05) is 4.90 Å². The highest BCUT2D eigenvalue weighted by atomic mass is 16.2. The summed E-state index contributed by atoms with van der Waals surface area (Å²) in [5, 5.41) is 0. The van der Waals surface area contributed by atoms with Crippen LogP contribution in [0.2, 0.25) is 0 Å². The maximum absolute atomic E-state index is 12.7. The van der Waals surface area contributed by atoms with Crippen molar-refractivity contribution in [3.63, 3.8) is 0 Å². The molecule has 0 atom stereocenters. The van der Waals surface area contributed by atoms with Crippen LogP contribution in [0, 0.1) is 12.5 Å². The molecule has 4 rings (SSSR count). The minimum Gasteiger partial charge on any atom is -0.362 e. The Morgan fingerprint density at radius 1 is 1.17 bits per heavy atom. The second kappa shape index (κ2) is 5.56. The lowest BCUT2D eigenvalue weighted by Crippen LogP contribution is -2.19. The molecule has 3 heterocycles. The first-order chi connectivity index (χ1) is 11.8. The zero-order chi connectivity index (χ0) is 16.5. The van der Waals surface area contributed by atoms with Gasteiger partial charge in [0.2, 0.25) is 0 Å². The van der Waals surface area contributed by atoms with Gasteiger partial charge in [-0.15, -0.1) is 0 Å². The molecule has 0 saturated heterocycles. The standard InChI is InChI=1S/C20H13N3O/c1-2-23-19-9-8-14(18-7-3-4-10-22-18)12-16(19)17(20(23)24)13-15-6-5-11-21-15/h1,3-13,21H. The molecule has 0 unspecified atom stereocenters. The van der Waals surface area contributed by atoms with E-state index in [4.69, 9.17) is 6.42 Å². The molecule has 24 heavy (non-hydrogen) atoms. The number of H-pyrrole nitrogens is 1. The molecule has 0 fully saturated rings. The summed E-state index contributed by atoms with van der Waals surface area (Å²) in [6.45, 7) is 0. The fourth-order valence-corrected chi connectivity index (χ4v) is 2.84. The molecule has 1 amide bonds. The summed E-state index contributed by atoms with van der Waals surface area (Å²) < 4.78 is 0. The van der Waals surface area contributed by atoms with Crippen LogP contribution < -0.4 is 4.90 Å². The lowest BCUT2D eigenvalue weighted by atomic mass is 10.0. The van der Waals surface area contributed by atoms with Crippen molar-refractivity contribution in [2.24, 2.45) is 0 Å². The topological polar surface area (TPSA) is 49.0 Å². The first-order valence-electron chi connectivity index (χ1n) is 7.49. The highest BCUT2D eigenvalue weighted by Gasteiger charge is 2.32. The van der Waals surface area contributed by atoms with Gasteiger partial charge in [0, 0.05) is 35.3 Å². The van der Waals surface area contributed by atoms with Gasteiger partial charge in [0.25, 0.3) is 5.91 Å². The number of aromatic amines is 1. The number of fused-ring (bicyclic) bond motifs is 1. The maximum atomic E-state index is 12.7. The molecule has 0 spiro atoms. The van der Waals surface area contributed by atoms with Crippen molar-refractivity contribution in [2.45, 2.75) is 0 Å². The summed E-state index contributed by atoms with van der Waals surface area (Å²) in [4.78, 5) is 21.4. The van der Waals surface area contributed by atoms with Gasteiger partial charge in [0.05, 0.1) is 17.0 Å². The van der Waals surface area contributed by atoms with E-state index in [9.17, 15) is 4.79 Å². The molecule has 4 nitrogen and oxygen atoms in total. The number of amides is 1. The van der Waals surface area contributed by atoms with Gasteiger partial charge in [0.1, 0.15) is 0 Å². The molecular formula is C20H13N3O. The van der Waals surface area contributed by atoms with Crippen LogP contribution in [0.5, 0.6) is 0 Å². The minimum absolute atomic E-state index is 0.194. The highest BCUT2D eigenvalue weighted by Crippen LogP contribution is 2.39. The number of aromatic nitrogens is 2. The molecule has 1 aliphatic rings. The third-order valence-corrected chi connectivity index (χ3v) is 3.97. The SMILES string of the molecule is C#CN1C(=O)C(=Cc2ccc[nH]2)c2cc(-c3ccccn3)ccc21. The molecule has 0 bridgehead atoms. The molecule has 0 saturated carbocycles. The van der Waals surface area contributed by atoms with Crippen molar-refractivity contribution >= 4 is 23.2 Å². The fourth-order valence-electron chi connectivity index (χ4n) is 2.84.